The molecule has 0 saturated heterocycles. The normalized spacial score (nSPS) is 16.2. The van der Waals surface area contributed by atoms with Gasteiger partial charge in [-0.25, -0.2) is 4.79 Å². The second-order valence-electron chi connectivity index (χ2n) is 6.54. The highest BCUT2D eigenvalue weighted by atomic mass is 16.5. The van der Waals surface area contributed by atoms with Gasteiger partial charge in [-0.3, -0.25) is 9.59 Å². The SMILES string of the molecule is C=CCOC(=O)C1=C(C)N(CC(=O)OCC)C(=O)CC1c1cc(OC)ccc1OC. The van der Waals surface area contributed by atoms with Gasteiger partial charge in [-0.1, -0.05) is 12.7 Å². The van der Waals surface area contributed by atoms with E-state index in [1.54, 1.807) is 32.0 Å². The third-order valence-electron chi connectivity index (χ3n) is 4.78. The largest absolute Gasteiger partial charge is 0.497 e. The Morgan fingerprint density at radius 3 is 2.57 bits per heavy atom. The van der Waals surface area contributed by atoms with Crippen LogP contribution in [0, 0.1) is 0 Å². The minimum Gasteiger partial charge on any atom is -0.497 e. The maximum atomic E-state index is 12.9. The van der Waals surface area contributed by atoms with Crippen LogP contribution in [0.3, 0.4) is 0 Å². The maximum absolute atomic E-state index is 12.9. The molecular formula is C22H27NO7. The fraction of sp³-hybridized carbons (Fsp3) is 0.409. The van der Waals surface area contributed by atoms with Crippen molar-refractivity contribution in [2.24, 2.45) is 0 Å². The molecule has 1 amide bonds. The van der Waals surface area contributed by atoms with E-state index in [4.69, 9.17) is 18.9 Å². The van der Waals surface area contributed by atoms with E-state index in [0.29, 0.717) is 22.8 Å². The summed E-state index contributed by atoms with van der Waals surface area (Å²) in [5.74, 6) is -1.02. The summed E-state index contributed by atoms with van der Waals surface area (Å²) in [6.45, 7) is 6.78. The summed E-state index contributed by atoms with van der Waals surface area (Å²) in [5.41, 5.74) is 1.22. The molecule has 1 unspecified atom stereocenters. The smallest absolute Gasteiger partial charge is 0.336 e. The number of nitrogens with zero attached hydrogens (tertiary/aromatic N) is 1. The van der Waals surface area contributed by atoms with E-state index in [-0.39, 0.29) is 37.7 Å². The number of benzene rings is 1. The van der Waals surface area contributed by atoms with Crippen molar-refractivity contribution >= 4 is 17.8 Å². The maximum Gasteiger partial charge on any atom is 0.336 e. The van der Waals surface area contributed by atoms with E-state index in [2.05, 4.69) is 6.58 Å². The van der Waals surface area contributed by atoms with Gasteiger partial charge in [0.2, 0.25) is 5.91 Å². The number of hydrogen-bond acceptors (Lipinski definition) is 7. The molecular weight excluding hydrogens is 390 g/mol. The Hall–Kier alpha value is -3.29. The highest BCUT2D eigenvalue weighted by molar-refractivity contribution is 5.97. The predicted molar refractivity (Wildman–Crippen MR) is 109 cm³/mol. The lowest BCUT2D eigenvalue weighted by atomic mass is 9.83. The average molecular weight is 417 g/mol. The van der Waals surface area contributed by atoms with Crippen LogP contribution in [-0.2, 0) is 23.9 Å². The van der Waals surface area contributed by atoms with E-state index < -0.39 is 17.9 Å². The molecule has 0 aliphatic carbocycles. The summed E-state index contributed by atoms with van der Waals surface area (Å²) < 4.78 is 21.0. The average Bonchev–Trinajstić information content (AvgIpc) is 2.74. The summed E-state index contributed by atoms with van der Waals surface area (Å²) in [6, 6.07) is 5.17. The van der Waals surface area contributed by atoms with Crippen molar-refractivity contribution in [3.05, 3.63) is 47.7 Å². The molecule has 1 atom stereocenters. The number of carbonyl (C=O) groups is 3. The van der Waals surface area contributed by atoms with Gasteiger partial charge in [-0.15, -0.1) is 0 Å². The summed E-state index contributed by atoms with van der Waals surface area (Å²) in [4.78, 5) is 39.1. The molecule has 0 fully saturated rings. The summed E-state index contributed by atoms with van der Waals surface area (Å²) >= 11 is 0. The second kappa shape index (κ2) is 10.5. The Bertz CT molecular complexity index is 859. The molecule has 1 aromatic rings. The number of rotatable bonds is 9. The first-order valence-electron chi connectivity index (χ1n) is 9.54. The number of hydrogen-bond donors (Lipinski definition) is 0. The van der Waals surface area contributed by atoms with Gasteiger partial charge in [0, 0.05) is 23.6 Å². The van der Waals surface area contributed by atoms with Crippen LogP contribution in [0.4, 0.5) is 0 Å². The summed E-state index contributed by atoms with van der Waals surface area (Å²) in [6.07, 6.45) is 1.41. The molecule has 1 aromatic carbocycles. The molecule has 1 aliphatic rings. The molecule has 30 heavy (non-hydrogen) atoms. The predicted octanol–water partition coefficient (Wildman–Crippen LogP) is 2.59. The van der Waals surface area contributed by atoms with Crippen molar-refractivity contribution < 1.29 is 33.3 Å². The lowest BCUT2D eigenvalue weighted by Crippen LogP contribution is -2.41. The van der Waals surface area contributed by atoms with Crippen LogP contribution in [0.2, 0.25) is 0 Å². The zero-order valence-corrected chi connectivity index (χ0v) is 17.7. The number of methoxy groups -OCH3 is 2. The van der Waals surface area contributed by atoms with Gasteiger partial charge in [0.15, 0.2) is 0 Å². The fourth-order valence-electron chi connectivity index (χ4n) is 3.39. The molecule has 0 saturated carbocycles. The van der Waals surface area contributed by atoms with Crippen molar-refractivity contribution in [2.75, 3.05) is 34.0 Å². The first-order chi connectivity index (χ1) is 14.4. The topological polar surface area (TPSA) is 91.4 Å². The van der Waals surface area contributed by atoms with Crippen LogP contribution in [0.1, 0.15) is 31.7 Å². The van der Waals surface area contributed by atoms with E-state index in [0.717, 1.165) is 0 Å². The van der Waals surface area contributed by atoms with Crippen LogP contribution in [0.15, 0.2) is 42.1 Å². The van der Waals surface area contributed by atoms with Crippen LogP contribution in [0.5, 0.6) is 11.5 Å². The van der Waals surface area contributed by atoms with Crippen molar-refractivity contribution in [2.45, 2.75) is 26.2 Å². The number of esters is 2. The van der Waals surface area contributed by atoms with Gasteiger partial charge in [0.05, 0.1) is 26.4 Å². The Labute approximate surface area is 176 Å². The molecule has 0 aromatic heterocycles. The second-order valence-corrected chi connectivity index (χ2v) is 6.54. The van der Waals surface area contributed by atoms with Crippen molar-refractivity contribution in [3.63, 3.8) is 0 Å². The highest BCUT2D eigenvalue weighted by Crippen LogP contribution is 2.42. The lowest BCUT2D eigenvalue weighted by molar-refractivity contribution is -0.149. The summed E-state index contributed by atoms with van der Waals surface area (Å²) in [5, 5.41) is 0. The van der Waals surface area contributed by atoms with E-state index in [9.17, 15) is 14.4 Å². The van der Waals surface area contributed by atoms with Crippen molar-refractivity contribution in [1.29, 1.82) is 0 Å². The van der Waals surface area contributed by atoms with Crippen LogP contribution in [0.25, 0.3) is 0 Å². The quantitative estimate of drug-likeness (QED) is 0.450. The Balaban J connectivity index is 2.58. The molecule has 0 radical (unpaired) electrons. The molecule has 2 rings (SSSR count). The molecule has 8 heteroatoms. The number of ether oxygens (including phenoxy) is 4. The van der Waals surface area contributed by atoms with Crippen LogP contribution < -0.4 is 9.47 Å². The molecule has 0 spiro atoms. The minimum atomic E-state index is -0.627. The standard InChI is InChI=1S/C22H27NO7/c1-6-10-30-22(26)21-14(3)23(13-20(25)29-7-2)19(24)12-17(21)16-11-15(27-4)8-9-18(16)28-5/h6,8-9,11,17H,1,7,10,12-13H2,2-5H3. The first-order valence-corrected chi connectivity index (χ1v) is 9.54. The Morgan fingerprint density at radius 1 is 1.23 bits per heavy atom. The van der Waals surface area contributed by atoms with Crippen LogP contribution in [-0.4, -0.2) is 56.7 Å². The monoisotopic (exact) mass is 417 g/mol. The van der Waals surface area contributed by atoms with Crippen molar-refractivity contribution in [3.8, 4) is 11.5 Å². The van der Waals surface area contributed by atoms with Gasteiger partial charge in [0.25, 0.3) is 0 Å². The zero-order chi connectivity index (χ0) is 22.3. The number of amides is 1. The van der Waals surface area contributed by atoms with Gasteiger partial charge in [-0.2, -0.15) is 0 Å². The van der Waals surface area contributed by atoms with Gasteiger partial charge < -0.3 is 23.8 Å². The zero-order valence-electron chi connectivity index (χ0n) is 17.7. The fourth-order valence-corrected chi connectivity index (χ4v) is 3.39. The number of allylic oxidation sites excluding steroid dienone is 1. The van der Waals surface area contributed by atoms with Gasteiger partial charge in [0.1, 0.15) is 24.7 Å². The van der Waals surface area contributed by atoms with Gasteiger partial charge in [-0.05, 0) is 32.0 Å². The van der Waals surface area contributed by atoms with Gasteiger partial charge >= 0.3 is 11.9 Å². The molecule has 0 N–H and O–H groups in total. The van der Waals surface area contributed by atoms with E-state index in [1.807, 2.05) is 0 Å². The lowest BCUT2D eigenvalue weighted by Gasteiger charge is -2.34. The van der Waals surface area contributed by atoms with Crippen LogP contribution >= 0.6 is 0 Å². The third kappa shape index (κ3) is 5.00. The number of carbonyl (C=O) groups excluding carboxylic acids is 3. The molecule has 162 valence electrons. The molecule has 1 heterocycles. The Kier molecular flexibility index (Phi) is 8.03. The van der Waals surface area contributed by atoms with Crippen molar-refractivity contribution in [1.82, 2.24) is 4.90 Å². The molecule has 1 aliphatic heterocycles. The third-order valence-corrected chi connectivity index (χ3v) is 4.78. The minimum absolute atomic E-state index is 0.0173. The highest BCUT2D eigenvalue weighted by Gasteiger charge is 2.39. The molecule has 0 bridgehead atoms. The Morgan fingerprint density at radius 2 is 1.97 bits per heavy atom. The molecule has 8 nitrogen and oxygen atoms in total. The first kappa shape index (κ1) is 23.0. The van der Waals surface area contributed by atoms with E-state index >= 15 is 0 Å². The summed E-state index contributed by atoms with van der Waals surface area (Å²) in [7, 11) is 3.04. The van der Waals surface area contributed by atoms with E-state index in [1.165, 1.54) is 25.2 Å².